The van der Waals surface area contributed by atoms with Crippen LogP contribution < -0.4 is 14.8 Å². The molecular formula is C16H23NO3S. The number of rotatable bonds is 3. The van der Waals surface area contributed by atoms with Crippen LogP contribution in [-0.4, -0.2) is 35.8 Å². The number of ether oxygens (including phenoxy) is 2. The van der Waals surface area contributed by atoms with Crippen molar-refractivity contribution in [1.29, 1.82) is 0 Å². The minimum Gasteiger partial charge on any atom is -0.490 e. The van der Waals surface area contributed by atoms with Crippen LogP contribution in [0.15, 0.2) is 23.1 Å². The zero-order valence-electron chi connectivity index (χ0n) is 12.5. The molecule has 116 valence electrons. The quantitative estimate of drug-likeness (QED) is 0.932. The lowest BCUT2D eigenvalue weighted by Crippen LogP contribution is -2.35. The van der Waals surface area contributed by atoms with Gasteiger partial charge in [-0.25, -0.2) is 0 Å². The molecule has 4 nitrogen and oxygen atoms in total. The molecule has 0 saturated heterocycles. The highest BCUT2D eigenvalue weighted by atomic mass is 32.2. The average molecular weight is 309 g/mol. The Labute approximate surface area is 128 Å². The molecule has 0 radical (unpaired) electrons. The van der Waals surface area contributed by atoms with Crippen LogP contribution in [0.3, 0.4) is 0 Å². The predicted octanol–water partition coefficient (Wildman–Crippen LogP) is 2.49. The summed E-state index contributed by atoms with van der Waals surface area (Å²) in [5, 5.41) is 3.56. The molecule has 0 bridgehead atoms. The maximum Gasteiger partial charge on any atom is 0.162 e. The number of hydrogen-bond donors (Lipinski definition) is 1. The van der Waals surface area contributed by atoms with Gasteiger partial charge < -0.3 is 14.8 Å². The van der Waals surface area contributed by atoms with E-state index in [0.29, 0.717) is 19.3 Å². The normalized spacial score (nSPS) is 26.9. The van der Waals surface area contributed by atoms with Gasteiger partial charge in [0.1, 0.15) is 0 Å². The molecule has 1 aliphatic heterocycles. The first kappa shape index (κ1) is 14.9. The van der Waals surface area contributed by atoms with Gasteiger partial charge in [0.2, 0.25) is 0 Å². The lowest BCUT2D eigenvalue weighted by atomic mass is 9.95. The van der Waals surface area contributed by atoms with Crippen LogP contribution in [0.25, 0.3) is 0 Å². The lowest BCUT2D eigenvalue weighted by Gasteiger charge is -2.28. The summed E-state index contributed by atoms with van der Waals surface area (Å²) in [6.45, 7) is 1.34. The largest absolute Gasteiger partial charge is 0.490 e. The van der Waals surface area contributed by atoms with Crippen LogP contribution in [0.1, 0.15) is 32.1 Å². The standard InChI is InChI=1S/C16H23NO3S/c1-17-12-4-2-5-13(10-12)21(18)14-6-7-15-16(11-14)20-9-3-8-19-15/h6-7,11-13,17H,2-5,8-10H2,1H3. The Morgan fingerprint density at radius 3 is 2.76 bits per heavy atom. The first-order valence-corrected chi connectivity index (χ1v) is 8.96. The fourth-order valence-electron chi connectivity index (χ4n) is 3.06. The molecule has 1 aromatic rings. The molecule has 2 aliphatic rings. The Hall–Kier alpha value is -1.07. The Kier molecular flexibility index (Phi) is 4.80. The van der Waals surface area contributed by atoms with Gasteiger partial charge in [-0.15, -0.1) is 0 Å². The summed E-state index contributed by atoms with van der Waals surface area (Å²) in [5.41, 5.74) is 0. The van der Waals surface area contributed by atoms with Crippen molar-refractivity contribution in [2.45, 2.75) is 48.3 Å². The van der Waals surface area contributed by atoms with E-state index in [1.165, 1.54) is 6.42 Å². The Morgan fingerprint density at radius 2 is 1.95 bits per heavy atom. The fourth-order valence-corrected chi connectivity index (χ4v) is 4.66. The van der Waals surface area contributed by atoms with Crippen LogP contribution in [0.5, 0.6) is 11.5 Å². The molecule has 1 fully saturated rings. The molecule has 0 aromatic heterocycles. The van der Waals surface area contributed by atoms with Crippen LogP contribution >= 0.6 is 0 Å². The van der Waals surface area contributed by atoms with Crippen molar-refractivity contribution < 1.29 is 13.7 Å². The molecule has 21 heavy (non-hydrogen) atoms. The van der Waals surface area contributed by atoms with E-state index in [9.17, 15) is 4.21 Å². The summed E-state index contributed by atoms with van der Waals surface area (Å²) >= 11 is 0. The van der Waals surface area contributed by atoms with E-state index in [2.05, 4.69) is 5.32 Å². The summed E-state index contributed by atoms with van der Waals surface area (Å²) in [4.78, 5) is 0.862. The van der Waals surface area contributed by atoms with Gasteiger partial charge in [0.15, 0.2) is 11.5 Å². The van der Waals surface area contributed by atoms with Gasteiger partial charge >= 0.3 is 0 Å². The van der Waals surface area contributed by atoms with Crippen molar-refractivity contribution in [2.75, 3.05) is 20.3 Å². The SMILES string of the molecule is CNC1CCCC(S(=O)c2ccc3c(c2)OCCCO3)C1. The molecule has 1 aliphatic carbocycles. The van der Waals surface area contributed by atoms with Crippen LogP contribution in [0.2, 0.25) is 0 Å². The average Bonchev–Trinajstić information content (AvgIpc) is 2.78. The van der Waals surface area contributed by atoms with Crippen molar-refractivity contribution in [3.05, 3.63) is 18.2 Å². The molecule has 5 heteroatoms. The first-order valence-electron chi connectivity index (χ1n) is 7.75. The molecule has 3 unspecified atom stereocenters. The van der Waals surface area contributed by atoms with Crippen LogP contribution in [-0.2, 0) is 10.8 Å². The van der Waals surface area contributed by atoms with Gasteiger partial charge in [-0.05, 0) is 38.4 Å². The van der Waals surface area contributed by atoms with Gasteiger partial charge in [-0.1, -0.05) is 6.42 Å². The molecule has 1 aromatic carbocycles. The number of benzene rings is 1. The van der Waals surface area contributed by atoms with E-state index >= 15 is 0 Å². The van der Waals surface area contributed by atoms with E-state index in [-0.39, 0.29) is 5.25 Å². The molecule has 1 saturated carbocycles. The van der Waals surface area contributed by atoms with E-state index in [1.807, 2.05) is 25.2 Å². The van der Waals surface area contributed by atoms with Gasteiger partial charge in [-0.3, -0.25) is 4.21 Å². The van der Waals surface area contributed by atoms with Gasteiger partial charge in [0.05, 0.1) is 24.0 Å². The Bertz CT molecular complexity index is 520. The minimum atomic E-state index is -0.971. The zero-order valence-corrected chi connectivity index (χ0v) is 13.3. The third-order valence-electron chi connectivity index (χ3n) is 4.29. The number of hydrogen-bond acceptors (Lipinski definition) is 4. The first-order chi connectivity index (χ1) is 10.3. The Balaban J connectivity index is 1.76. The second-order valence-corrected chi connectivity index (χ2v) is 7.46. The highest BCUT2D eigenvalue weighted by Gasteiger charge is 2.27. The van der Waals surface area contributed by atoms with Crippen molar-refractivity contribution in [3.8, 4) is 11.5 Å². The third kappa shape index (κ3) is 3.40. The molecule has 0 spiro atoms. The molecule has 1 N–H and O–H groups in total. The Morgan fingerprint density at radius 1 is 1.14 bits per heavy atom. The predicted molar refractivity (Wildman–Crippen MR) is 83.6 cm³/mol. The van der Waals surface area contributed by atoms with Gasteiger partial charge in [0.25, 0.3) is 0 Å². The molecular weight excluding hydrogens is 286 g/mol. The summed E-state index contributed by atoms with van der Waals surface area (Å²) in [6.07, 6.45) is 5.24. The smallest absolute Gasteiger partial charge is 0.162 e. The van der Waals surface area contributed by atoms with E-state index in [4.69, 9.17) is 9.47 Å². The van der Waals surface area contributed by atoms with E-state index in [0.717, 1.165) is 42.1 Å². The van der Waals surface area contributed by atoms with Crippen LogP contribution in [0.4, 0.5) is 0 Å². The monoisotopic (exact) mass is 309 g/mol. The van der Waals surface area contributed by atoms with E-state index < -0.39 is 10.8 Å². The second kappa shape index (κ2) is 6.79. The van der Waals surface area contributed by atoms with Crippen molar-refractivity contribution in [2.24, 2.45) is 0 Å². The summed E-state index contributed by atoms with van der Waals surface area (Å²) in [5.74, 6) is 1.50. The van der Waals surface area contributed by atoms with Crippen LogP contribution in [0, 0.1) is 0 Å². The molecule has 0 amide bonds. The summed E-state index contributed by atoms with van der Waals surface area (Å²) in [6, 6.07) is 6.21. The summed E-state index contributed by atoms with van der Waals surface area (Å²) in [7, 11) is 1.02. The van der Waals surface area contributed by atoms with Gasteiger partial charge in [0, 0.05) is 28.7 Å². The minimum absolute atomic E-state index is 0.237. The maximum atomic E-state index is 12.8. The second-order valence-electron chi connectivity index (χ2n) is 5.73. The highest BCUT2D eigenvalue weighted by molar-refractivity contribution is 7.85. The summed E-state index contributed by atoms with van der Waals surface area (Å²) < 4.78 is 24.1. The molecule has 3 atom stereocenters. The number of fused-ring (bicyclic) bond motifs is 1. The number of nitrogens with one attached hydrogen (secondary N) is 1. The van der Waals surface area contributed by atoms with E-state index in [1.54, 1.807) is 0 Å². The van der Waals surface area contributed by atoms with Crippen molar-refractivity contribution in [3.63, 3.8) is 0 Å². The molecule has 3 rings (SSSR count). The third-order valence-corrected chi connectivity index (χ3v) is 6.04. The maximum absolute atomic E-state index is 12.8. The molecule has 1 heterocycles. The van der Waals surface area contributed by atoms with Crippen molar-refractivity contribution >= 4 is 10.8 Å². The van der Waals surface area contributed by atoms with Gasteiger partial charge in [-0.2, -0.15) is 0 Å². The topological polar surface area (TPSA) is 47.6 Å². The van der Waals surface area contributed by atoms with Crippen molar-refractivity contribution in [1.82, 2.24) is 5.32 Å². The fraction of sp³-hybridized carbons (Fsp3) is 0.625. The zero-order chi connectivity index (χ0) is 14.7. The highest BCUT2D eigenvalue weighted by Crippen LogP contribution is 2.33. The lowest BCUT2D eigenvalue weighted by molar-refractivity contribution is 0.297.